The Morgan fingerprint density at radius 2 is 2.20 bits per heavy atom. The van der Waals surface area contributed by atoms with Crippen molar-refractivity contribution in [3.05, 3.63) is 41.3 Å². The number of benzene rings is 1. The van der Waals surface area contributed by atoms with Crippen LogP contribution in [0, 0.1) is 11.3 Å². The van der Waals surface area contributed by atoms with Gasteiger partial charge in [-0.25, -0.2) is 0 Å². The van der Waals surface area contributed by atoms with Crippen molar-refractivity contribution in [1.29, 1.82) is 5.26 Å². The third kappa shape index (κ3) is 1.79. The Morgan fingerprint density at radius 3 is 2.80 bits per heavy atom. The van der Waals surface area contributed by atoms with Crippen molar-refractivity contribution in [2.45, 2.75) is 13.5 Å². The van der Waals surface area contributed by atoms with E-state index in [0.717, 1.165) is 39.3 Å². The number of fused-ring (bicyclic) bond motifs is 1. The average Bonchev–Trinajstić information content (AvgIpc) is 3.11. The van der Waals surface area contributed by atoms with Gasteiger partial charge in [0.25, 0.3) is 0 Å². The molecule has 0 fully saturated rings. The van der Waals surface area contributed by atoms with Crippen LogP contribution in [0.4, 0.5) is 0 Å². The molecule has 0 saturated carbocycles. The van der Waals surface area contributed by atoms with Crippen LogP contribution in [0.5, 0.6) is 5.75 Å². The number of thiophene rings is 1. The summed E-state index contributed by atoms with van der Waals surface area (Å²) < 4.78 is 7.48. The summed E-state index contributed by atoms with van der Waals surface area (Å²) in [5, 5.41) is 12.6. The summed E-state index contributed by atoms with van der Waals surface area (Å²) >= 11 is 1.66. The van der Waals surface area contributed by atoms with Crippen LogP contribution in [0.2, 0.25) is 0 Å². The molecule has 0 amide bonds. The zero-order valence-electron chi connectivity index (χ0n) is 11.4. The Balaban J connectivity index is 2.42. The number of nitrogens with zero attached hydrogens (tertiary/aromatic N) is 2. The van der Waals surface area contributed by atoms with E-state index in [4.69, 9.17) is 4.74 Å². The lowest BCUT2D eigenvalue weighted by atomic mass is 10.1. The molecule has 0 saturated heterocycles. The molecular weight excluding hydrogens is 268 g/mol. The zero-order valence-corrected chi connectivity index (χ0v) is 12.2. The lowest BCUT2D eigenvalue weighted by molar-refractivity contribution is 0.415. The molecule has 0 aliphatic rings. The van der Waals surface area contributed by atoms with Crippen LogP contribution in [0.3, 0.4) is 0 Å². The van der Waals surface area contributed by atoms with Crippen LogP contribution < -0.4 is 4.74 Å². The number of ether oxygens (including phenoxy) is 1. The SMILES string of the molecule is CCn1c(-c2cccs2)c(C#N)c2ccc(OC)cc21. The van der Waals surface area contributed by atoms with Crippen LogP contribution in [0.1, 0.15) is 12.5 Å². The Labute approximate surface area is 121 Å². The molecule has 0 radical (unpaired) electrons. The van der Waals surface area contributed by atoms with E-state index in [0.29, 0.717) is 0 Å². The molecule has 2 heterocycles. The van der Waals surface area contributed by atoms with Crippen LogP contribution in [0.25, 0.3) is 21.5 Å². The molecule has 3 rings (SSSR count). The fraction of sp³-hybridized carbons (Fsp3) is 0.188. The first-order valence-electron chi connectivity index (χ1n) is 6.44. The second-order valence-electron chi connectivity index (χ2n) is 4.44. The smallest absolute Gasteiger partial charge is 0.120 e. The van der Waals surface area contributed by atoms with Gasteiger partial charge in [-0.3, -0.25) is 0 Å². The number of methoxy groups -OCH3 is 1. The van der Waals surface area contributed by atoms with Crippen LogP contribution in [0.15, 0.2) is 35.7 Å². The quantitative estimate of drug-likeness (QED) is 0.719. The van der Waals surface area contributed by atoms with E-state index < -0.39 is 0 Å². The van der Waals surface area contributed by atoms with Crippen LogP contribution in [-0.2, 0) is 6.54 Å². The van der Waals surface area contributed by atoms with Crippen molar-refractivity contribution in [2.24, 2.45) is 0 Å². The summed E-state index contributed by atoms with van der Waals surface area (Å²) in [6.07, 6.45) is 0. The number of aryl methyl sites for hydroxylation is 1. The molecule has 0 atom stereocenters. The largest absolute Gasteiger partial charge is 0.497 e. The third-order valence-corrected chi connectivity index (χ3v) is 4.33. The maximum Gasteiger partial charge on any atom is 0.120 e. The average molecular weight is 282 g/mol. The number of nitriles is 1. The number of aromatic nitrogens is 1. The molecule has 0 spiro atoms. The normalized spacial score (nSPS) is 10.7. The Bertz CT molecular complexity index is 794. The minimum absolute atomic E-state index is 0.743. The van der Waals surface area contributed by atoms with E-state index in [1.807, 2.05) is 29.6 Å². The van der Waals surface area contributed by atoms with Gasteiger partial charge >= 0.3 is 0 Å². The van der Waals surface area contributed by atoms with Crippen molar-refractivity contribution in [3.63, 3.8) is 0 Å². The molecular formula is C16H14N2OS. The van der Waals surface area contributed by atoms with E-state index >= 15 is 0 Å². The maximum atomic E-state index is 9.56. The van der Waals surface area contributed by atoms with Gasteiger partial charge in [-0.1, -0.05) is 6.07 Å². The zero-order chi connectivity index (χ0) is 14.1. The molecule has 100 valence electrons. The summed E-state index contributed by atoms with van der Waals surface area (Å²) in [4.78, 5) is 1.12. The topological polar surface area (TPSA) is 38.0 Å². The van der Waals surface area contributed by atoms with Crippen molar-refractivity contribution in [2.75, 3.05) is 7.11 Å². The Morgan fingerprint density at radius 1 is 1.35 bits per heavy atom. The molecule has 4 heteroatoms. The van der Waals surface area contributed by atoms with E-state index in [-0.39, 0.29) is 0 Å². The highest BCUT2D eigenvalue weighted by atomic mass is 32.1. The second kappa shape index (κ2) is 5.03. The van der Waals surface area contributed by atoms with E-state index in [2.05, 4.69) is 23.6 Å². The van der Waals surface area contributed by atoms with E-state index in [9.17, 15) is 5.26 Å². The number of hydrogen-bond donors (Lipinski definition) is 0. The molecule has 0 aliphatic carbocycles. The van der Waals surface area contributed by atoms with Gasteiger partial charge in [0.2, 0.25) is 0 Å². The van der Waals surface area contributed by atoms with Gasteiger partial charge in [-0.05, 0) is 30.5 Å². The van der Waals surface area contributed by atoms with Crippen molar-refractivity contribution in [1.82, 2.24) is 4.57 Å². The third-order valence-electron chi connectivity index (χ3n) is 3.45. The monoisotopic (exact) mass is 282 g/mol. The molecule has 2 aromatic heterocycles. The predicted molar refractivity (Wildman–Crippen MR) is 82.2 cm³/mol. The first-order valence-corrected chi connectivity index (χ1v) is 7.32. The highest BCUT2D eigenvalue weighted by molar-refractivity contribution is 7.13. The highest BCUT2D eigenvalue weighted by Gasteiger charge is 2.18. The van der Waals surface area contributed by atoms with E-state index in [1.165, 1.54) is 0 Å². The highest BCUT2D eigenvalue weighted by Crippen LogP contribution is 2.36. The molecule has 0 N–H and O–H groups in total. The predicted octanol–water partition coefficient (Wildman–Crippen LogP) is 4.27. The van der Waals surface area contributed by atoms with Gasteiger partial charge in [0.15, 0.2) is 0 Å². The summed E-state index contributed by atoms with van der Waals surface area (Å²) in [7, 11) is 1.66. The first-order chi connectivity index (χ1) is 9.80. The number of hydrogen-bond acceptors (Lipinski definition) is 3. The Hall–Kier alpha value is -2.25. The first kappa shape index (κ1) is 12.8. The minimum atomic E-state index is 0.743. The molecule has 0 bridgehead atoms. The van der Waals surface area contributed by atoms with Gasteiger partial charge in [0, 0.05) is 18.0 Å². The van der Waals surface area contributed by atoms with Crippen molar-refractivity contribution >= 4 is 22.2 Å². The van der Waals surface area contributed by atoms with Gasteiger partial charge in [-0.15, -0.1) is 11.3 Å². The van der Waals surface area contributed by atoms with Gasteiger partial charge in [0.05, 0.1) is 28.8 Å². The minimum Gasteiger partial charge on any atom is -0.497 e. The molecule has 0 aliphatic heterocycles. The summed E-state index contributed by atoms with van der Waals surface area (Å²) in [6, 6.07) is 12.3. The summed E-state index contributed by atoms with van der Waals surface area (Å²) in [5.41, 5.74) is 2.80. The van der Waals surface area contributed by atoms with Gasteiger partial charge in [-0.2, -0.15) is 5.26 Å². The molecule has 1 aromatic carbocycles. The van der Waals surface area contributed by atoms with Crippen molar-refractivity contribution < 1.29 is 4.74 Å². The Kier molecular flexibility index (Phi) is 3.21. The lowest BCUT2D eigenvalue weighted by Crippen LogP contribution is -1.96. The van der Waals surface area contributed by atoms with Gasteiger partial charge in [0.1, 0.15) is 11.8 Å². The second-order valence-corrected chi connectivity index (χ2v) is 5.39. The van der Waals surface area contributed by atoms with Crippen molar-refractivity contribution in [3.8, 4) is 22.4 Å². The fourth-order valence-electron chi connectivity index (χ4n) is 2.57. The summed E-state index contributed by atoms with van der Waals surface area (Å²) in [5.74, 6) is 0.812. The molecule has 0 unspecified atom stereocenters. The van der Waals surface area contributed by atoms with Crippen LogP contribution >= 0.6 is 11.3 Å². The fourth-order valence-corrected chi connectivity index (χ4v) is 3.35. The van der Waals surface area contributed by atoms with Gasteiger partial charge < -0.3 is 9.30 Å². The molecule has 3 nitrogen and oxygen atoms in total. The maximum absolute atomic E-state index is 9.56. The lowest BCUT2D eigenvalue weighted by Gasteiger charge is -2.07. The standard InChI is InChI=1S/C16H14N2OS/c1-3-18-14-9-11(19-2)6-7-12(14)13(10-17)16(18)15-5-4-8-20-15/h4-9H,3H2,1-2H3. The molecule has 3 aromatic rings. The number of rotatable bonds is 3. The molecule has 20 heavy (non-hydrogen) atoms. The summed E-state index contributed by atoms with van der Waals surface area (Å²) in [6.45, 7) is 2.91. The van der Waals surface area contributed by atoms with Crippen LogP contribution in [-0.4, -0.2) is 11.7 Å². The van der Waals surface area contributed by atoms with E-state index in [1.54, 1.807) is 18.4 Å².